The van der Waals surface area contributed by atoms with Gasteiger partial charge in [0, 0.05) is 24.3 Å². The Kier molecular flexibility index (Phi) is 4.92. The molecule has 0 spiro atoms. The summed E-state index contributed by atoms with van der Waals surface area (Å²) in [6.07, 6.45) is 6.59. The van der Waals surface area contributed by atoms with Gasteiger partial charge in [0.25, 0.3) is 0 Å². The molecule has 1 aromatic carbocycles. The van der Waals surface area contributed by atoms with Gasteiger partial charge in [-0.15, -0.1) is 0 Å². The SMILES string of the molecule is CCCC1CCN(Cc2c(OC)cc(C)c3c2CCN3)CC1. The van der Waals surface area contributed by atoms with E-state index in [4.69, 9.17) is 4.74 Å². The molecule has 0 saturated carbocycles. The number of hydrogen-bond donors (Lipinski definition) is 1. The normalized spacial score (nSPS) is 19.0. The van der Waals surface area contributed by atoms with E-state index in [9.17, 15) is 0 Å². The Labute approximate surface area is 135 Å². The van der Waals surface area contributed by atoms with Crippen LogP contribution >= 0.6 is 0 Å². The lowest BCUT2D eigenvalue weighted by atomic mass is 9.92. The number of nitrogens with one attached hydrogen (secondary N) is 1. The molecule has 1 saturated heterocycles. The molecule has 3 rings (SSSR count). The third-order valence-corrected chi connectivity index (χ3v) is 5.39. The van der Waals surface area contributed by atoms with Gasteiger partial charge in [0.15, 0.2) is 0 Å². The summed E-state index contributed by atoms with van der Waals surface area (Å²) in [5.74, 6) is 2.03. The summed E-state index contributed by atoms with van der Waals surface area (Å²) in [6, 6.07) is 2.20. The Hall–Kier alpha value is -1.22. The number of hydrogen-bond acceptors (Lipinski definition) is 3. The summed E-state index contributed by atoms with van der Waals surface area (Å²) < 4.78 is 5.70. The summed E-state index contributed by atoms with van der Waals surface area (Å²) in [5.41, 5.74) is 5.58. The van der Waals surface area contributed by atoms with E-state index >= 15 is 0 Å². The molecule has 2 heterocycles. The zero-order chi connectivity index (χ0) is 15.5. The highest BCUT2D eigenvalue weighted by Gasteiger charge is 2.24. The summed E-state index contributed by atoms with van der Waals surface area (Å²) in [5, 5.41) is 3.55. The molecular formula is C19H30N2O. The minimum Gasteiger partial charge on any atom is -0.496 e. The fourth-order valence-corrected chi connectivity index (χ4v) is 4.15. The van der Waals surface area contributed by atoms with Crippen molar-refractivity contribution in [2.75, 3.05) is 32.1 Å². The first-order valence-electron chi connectivity index (χ1n) is 8.88. The minimum absolute atomic E-state index is 0.952. The Morgan fingerprint density at radius 2 is 2.09 bits per heavy atom. The Morgan fingerprint density at radius 1 is 1.32 bits per heavy atom. The average molecular weight is 302 g/mol. The second-order valence-electron chi connectivity index (χ2n) is 6.91. The second-order valence-corrected chi connectivity index (χ2v) is 6.91. The van der Waals surface area contributed by atoms with Gasteiger partial charge in [-0.3, -0.25) is 4.90 Å². The largest absolute Gasteiger partial charge is 0.496 e. The van der Waals surface area contributed by atoms with Crippen molar-refractivity contribution >= 4 is 5.69 Å². The fraction of sp³-hybridized carbons (Fsp3) is 0.684. The van der Waals surface area contributed by atoms with Crippen LogP contribution in [-0.4, -0.2) is 31.6 Å². The van der Waals surface area contributed by atoms with Crippen molar-refractivity contribution in [2.24, 2.45) is 5.92 Å². The van der Waals surface area contributed by atoms with E-state index in [2.05, 4.69) is 30.1 Å². The number of benzene rings is 1. The molecule has 0 radical (unpaired) electrons. The lowest BCUT2D eigenvalue weighted by Crippen LogP contribution is -2.33. The van der Waals surface area contributed by atoms with Crippen LogP contribution in [0.4, 0.5) is 5.69 Å². The van der Waals surface area contributed by atoms with Gasteiger partial charge in [-0.2, -0.15) is 0 Å². The molecule has 0 aliphatic carbocycles. The van der Waals surface area contributed by atoms with Crippen molar-refractivity contribution in [3.05, 3.63) is 22.8 Å². The van der Waals surface area contributed by atoms with Crippen LogP contribution in [0.1, 0.15) is 49.3 Å². The van der Waals surface area contributed by atoms with Crippen LogP contribution in [-0.2, 0) is 13.0 Å². The summed E-state index contributed by atoms with van der Waals surface area (Å²) >= 11 is 0. The van der Waals surface area contributed by atoms with Crippen molar-refractivity contribution in [2.45, 2.75) is 52.5 Å². The van der Waals surface area contributed by atoms with Crippen LogP contribution in [0.2, 0.25) is 0 Å². The van der Waals surface area contributed by atoms with Gasteiger partial charge in [0.05, 0.1) is 7.11 Å². The van der Waals surface area contributed by atoms with E-state index < -0.39 is 0 Å². The molecule has 0 aromatic heterocycles. The standard InChI is InChI=1S/C19H30N2O/c1-4-5-15-7-10-21(11-8-15)13-17-16-6-9-20-19(16)14(2)12-18(17)22-3/h12,15,20H,4-11,13H2,1-3H3. The van der Waals surface area contributed by atoms with Crippen LogP contribution in [0.3, 0.4) is 0 Å². The van der Waals surface area contributed by atoms with Crippen LogP contribution in [0.5, 0.6) is 5.75 Å². The number of ether oxygens (including phenoxy) is 1. The summed E-state index contributed by atoms with van der Waals surface area (Å²) in [4.78, 5) is 2.62. The first-order valence-corrected chi connectivity index (χ1v) is 8.88. The average Bonchev–Trinajstić information content (AvgIpc) is 3.02. The highest BCUT2D eigenvalue weighted by molar-refractivity contribution is 5.67. The topological polar surface area (TPSA) is 24.5 Å². The number of nitrogens with zero attached hydrogens (tertiary/aromatic N) is 1. The van der Waals surface area contributed by atoms with Crippen molar-refractivity contribution < 1.29 is 4.74 Å². The first kappa shape index (κ1) is 15.7. The number of likely N-dealkylation sites (tertiary alicyclic amines) is 1. The molecule has 1 fully saturated rings. The molecule has 0 amide bonds. The van der Waals surface area contributed by atoms with Gasteiger partial charge in [0.2, 0.25) is 0 Å². The molecule has 0 atom stereocenters. The molecule has 3 nitrogen and oxygen atoms in total. The monoisotopic (exact) mass is 302 g/mol. The minimum atomic E-state index is 0.952. The van der Waals surface area contributed by atoms with Crippen molar-refractivity contribution in [1.29, 1.82) is 0 Å². The smallest absolute Gasteiger partial charge is 0.124 e. The van der Waals surface area contributed by atoms with Gasteiger partial charge in [-0.25, -0.2) is 0 Å². The number of anilines is 1. The molecule has 1 aromatic rings. The lowest BCUT2D eigenvalue weighted by molar-refractivity contribution is 0.170. The Bertz CT molecular complexity index is 519. The molecule has 0 unspecified atom stereocenters. The van der Waals surface area contributed by atoms with Crippen molar-refractivity contribution in [1.82, 2.24) is 4.90 Å². The number of rotatable bonds is 5. The molecular weight excluding hydrogens is 272 g/mol. The molecule has 1 N–H and O–H groups in total. The zero-order valence-electron chi connectivity index (χ0n) is 14.4. The first-order chi connectivity index (χ1) is 10.7. The van der Waals surface area contributed by atoms with Crippen LogP contribution in [0.15, 0.2) is 6.07 Å². The lowest BCUT2D eigenvalue weighted by Gasteiger charge is -2.32. The Morgan fingerprint density at radius 3 is 2.77 bits per heavy atom. The van der Waals surface area contributed by atoms with Gasteiger partial charge < -0.3 is 10.1 Å². The third-order valence-electron chi connectivity index (χ3n) is 5.39. The predicted molar refractivity (Wildman–Crippen MR) is 92.8 cm³/mol. The van der Waals surface area contributed by atoms with E-state index in [1.807, 2.05) is 0 Å². The molecule has 122 valence electrons. The van der Waals surface area contributed by atoms with Gasteiger partial charge in [-0.05, 0) is 62.4 Å². The van der Waals surface area contributed by atoms with Gasteiger partial charge in [0.1, 0.15) is 5.75 Å². The summed E-state index contributed by atoms with van der Waals surface area (Å²) in [6.45, 7) is 9.08. The Balaban J connectivity index is 1.74. The van der Waals surface area contributed by atoms with Crippen LogP contribution < -0.4 is 10.1 Å². The molecule has 2 aliphatic rings. The highest BCUT2D eigenvalue weighted by atomic mass is 16.5. The number of piperidine rings is 1. The van der Waals surface area contributed by atoms with E-state index in [1.165, 1.54) is 61.2 Å². The maximum absolute atomic E-state index is 5.70. The van der Waals surface area contributed by atoms with E-state index in [0.717, 1.165) is 31.2 Å². The van der Waals surface area contributed by atoms with E-state index in [1.54, 1.807) is 7.11 Å². The number of fused-ring (bicyclic) bond motifs is 1. The van der Waals surface area contributed by atoms with Crippen molar-refractivity contribution in [3.8, 4) is 5.75 Å². The fourth-order valence-electron chi connectivity index (χ4n) is 4.15. The third kappa shape index (κ3) is 3.10. The predicted octanol–water partition coefficient (Wildman–Crippen LogP) is 3.98. The molecule has 2 aliphatic heterocycles. The summed E-state index contributed by atoms with van der Waals surface area (Å²) in [7, 11) is 1.81. The van der Waals surface area contributed by atoms with Gasteiger partial charge in [-0.1, -0.05) is 19.8 Å². The zero-order valence-corrected chi connectivity index (χ0v) is 14.4. The molecule has 22 heavy (non-hydrogen) atoms. The van der Waals surface area contributed by atoms with Crippen LogP contribution in [0.25, 0.3) is 0 Å². The van der Waals surface area contributed by atoms with Gasteiger partial charge >= 0.3 is 0 Å². The maximum Gasteiger partial charge on any atom is 0.124 e. The highest BCUT2D eigenvalue weighted by Crippen LogP contribution is 2.37. The maximum atomic E-state index is 5.70. The van der Waals surface area contributed by atoms with E-state index in [0.29, 0.717) is 0 Å². The second kappa shape index (κ2) is 6.91. The number of aryl methyl sites for hydroxylation is 1. The van der Waals surface area contributed by atoms with E-state index in [-0.39, 0.29) is 0 Å². The number of methoxy groups -OCH3 is 1. The molecule has 0 bridgehead atoms. The van der Waals surface area contributed by atoms with Crippen LogP contribution in [0, 0.1) is 12.8 Å². The van der Waals surface area contributed by atoms with Crippen molar-refractivity contribution in [3.63, 3.8) is 0 Å². The molecule has 3 heteroatoms. The quantitative estimate of drug-likeness (QED) is 0.890.